The van der Waals surface area contributed by atoms with Crippen LogP contribution in [0.5, 0.6) is 0 Å². The number of hydrogen-bond acceptors (Lipinski definition) is 2. The maximum atomic E-state index is 6.45. The number of nitrogens with two attached hydrogens (primary N) is 2. The Hall–Kier alpha value is -2.42. The van der Waals surface area contributed by atoms with Crippen LogP contribution in [0.2, 0.25) is 0 Å². The van der Waals surface area contributed by atoms with E-state index in [1.807, 2.05) is 24.3 Å². The molecule has 4 rings (SSSR count). The van der Waals surface area contributed by atoms with Crippen LogP contribution in [0.15, 0.2) is 72.8 Å². The Bertz CT molecular complexity index is 872. The molecule has 2 nitrogen and oxygen atoms in total. The normalized spacial score (nSPS) is 19.1. The molecule has 3 aromatic carbocycles. The summed E-state index contributed by atoms with van der Waals surface area (Å²) in [7, 11) is 0. The third kappa shape index (κ3) is 1.97. The van der Waals surface area contributed by atoms with Crippen molar-refractivity contribution in [2.75, 3.05) is 0 Å². The summed E-state index contributed by atoms with van der Waals surface area (Å²) in [6.07, 6.45) is 3.94. The van der Waals surface area contributed by atoms with E-state index in [1.165, 1.54) is 27.5 Å². The van der Waals surface area contributed by atoms with Gasteiger partial charge in [0.1, 0.15) is 0 Å². The molecule has 22 heavy (non-hydrogen) atoms. The highest BCUT2D eigenvalue weighted by atomic mass is 15.0. The van der Waals surface area contributed by atoms with Crippen molar-refractivity contribution in [2.24, 2.45) is 11.5 Å². The molecule has 1 aliphatic carbocycles. The van der Waals surface area contributed by atoms with Crippen LogP contribution in [0, 0.1) is 0 Å². The van der Waals surface area contributed by atoms with Gasteiger partial charge in [-0.1, -0.05) is 72.8 Å². The monoisotopic (exact) mass is 286 g/mol. The Kier molecular flexibility index (Phi) is 2.89. The van der Waals surface area contributed by atoms with E-state index in [-0.39, 0.29) is 5.92 Å². The zero-order valence-electron chi connectivity index (χ0n) is 12.2. The Balaban J connectivity index is 2.02. The standard InChI is InChI=1S/C20H18N2/c21-20(22)13-12-15-7-2-4-10-17(15)19(20)18-11-5-8-14-6-1-3-9-16(14)18/h1-13,19H,21-22H2/t19-/m1/s1. The molecule has 0 aliphatic heterocycles. The van der Waals surface area contributed by atoms with Gasteiger partial charge in [0, 0.05) is 5.92 Å². The van der Waals surface area contributed by atoms with Gasteiger partial charge in [-0.05, 0) is 33.5 Å². The highest BCUT2D eigenvalue weighted by Gasteiger charge is 2.35. The average molecular weight is 286 g/mol. The van der Waals surface area contributed by atoms with E-state index in [0.29, 0.717) is 0 Å². The molecule has 1 atom stereocenters. The summed E-state index contributed by atoms with van der Waals surface area (Å²) in [5.74, 6) is -0.0557. The van der Waals surface area contributed by atoms with Crippen LogP contribution in [-0.4, -0.2) is 5.66 Å². The smallest absolute Gasteiger partial charge is 0.0944 e. The van der Waals surface area contributed by atoms with E-state index < -0.39 is 5.66 Å². The van der Waals surface area contributed by atoms with Crippen molar-refractivity contribution >= 4 is 16.8 Å². The molecule has 0 spiro atoms. The average Bonchev–Trinajstić information content (AvgIpc) is 2.54. The summed E-state index contributed by atoms with van der Waals surface area (Å²) in [6, 6.07) is 23.0. The number of rotatable bonds is 1. The lowest BCUT2D eigenvalue weighted by molar-refractivity contribution is 0.485. The van der Waals surface area contributed by atoms with Gasteiger partial charge < -0.3 is 11.5 Å². The summed E-state index contributed by atoms with van der Waals surface area (Å²) in [5, 5.41) is 2.42. The van der Waals surface area contributed by atoms with Crippen molar-refractivity contribution in [1.29, 1.82) is 0 Å². The number of hydrogen-bond donors (Lipinski definition) is 2. The Morgan fingerprint density at radius 1 is 0.727 bits per heavy atom. The van der Waals surface area contributed by atoms with Crippen LogP contribution in [-0.2, 0) is 0 Å². The van der Waals surface area contributed by atoms with Gasteiger partial charge in [-0.2, -0.15) is 0 Å². The van der Waals surface area contributed by atoms with E-state index in [0.717, 1.165) is 0 Å². The maximum absolute atomic E-state index is 6.45. The molecule has 4 N–H and O–H groups in total. The molecule has 2 heteroatoms. The van der Waals surface area contributed by atoms with Crippen molar-refractivity contribution in [3.63, 3.8) is 0 Å². The van der Waals surface area contributed by atoms with Crippen LogP contribution >= 0.6 is 0 Å². The number of fused-ring (bicyclic) bond motifs is 2. The van der Waals surface area contributed by atoms with Crippen molar-refractivity contribution in [1.82, 2.24) is 0 Å². The van der Waals surface area contributed by atoms with Gasteiger partial charge in [-0.25, -0.2) is 0 Å². The van der Waals surface area contributed by atoms with Crippen LogP contribution in [0.3, 0.4) is 0 Å². The lowest BCUT2D eigenvalue weighted by atomic mass is 9.74. The molecular formula is C20H18N2. The van der Waals surface area contributed by atoms with Crippen LogP contribution in [0.1, 0.15) is 22.6 Å². The first kappa shape index (κ1) is 13.3. The summed E-state index contributed by atoms with van der Waals surface area (Å²) in [4.78, 5) is 0. The molecule has 3 aromatic rings. The summed E-state index contributed by atoms with van der Waals surface area (Å²) < 4.78 is 0. The first-order valence-electron chi connectivity index (χ1n) is 7.50. The van der Waals surface area contributed by atoms with Gasteiger partial charge >= 0.3 is 0 Å². The summed E-state index contributed by atoms with van der Waals surface area (Å²) in [5.41, 5.74) is 15.6. The van der Waals surface area contributed by atoms with E-state index in [2.05, 4.69) is 54.6 Å². The summed E-state index contributed by atoms with van der Waals surface area (Å²) in [6.45, 7) is 0. The van der Waals surface area contributed by atoms with Crippen LogP contribution in [0.25, 0.3) is 16.8 Å². The van der Waals surface area contributed by atoms with Crippen molar-refractivity contribution in [3.8, 4) is 0 Å². The molecular weight excluding hydrogens is 268 g/mol. The molecule has 0 unspecified atom stereocenters. The SMILES string of the molecule is NC1(N)C=Cc2ccccc2[C@@H]1c1cccc2ccccc12. The second-order valence-electron chi connectivity index (χ2n) is 5.96. The molecule has 108 valence electrons. The highest BCUT2D eigenvalue weighted by molar-refractivity contribution is 5.87. The Labute approximate surface area is 130 Å². The van der Waals surface area contributed by atoms with E-state index in [4.69, 9.17) is 11.5 Å². The molecule has 0 aromatic heterocycles. The highest BCUT2D eigenvalue weighted by Crippen LogP contribution is 2.40. The number of benzene rings is 3. The molecule has 0 bridgehead atoms. The lowest BCUT2D eigenvalue weighted by Crippen LogP contribution is -2.54. The molecule has 0 saturated carbocycles. The Morgan fingerprint density at radius 2 is 1.41 bits per heavy atom. The van der Waals surface area contributed by atoms with Crippen molar-refractivity contribution < 1.29 is 0 Å². The van der Waals surface area contributed by atoms with E-state index in [1.54, 1.807) is 0 Å². The third-order valence-corrected chi connectivity index (χ3v) is 4.49. The first-order chi connectivity index (χ1) is 10.7. The zero-order valence-corrected chi connectivity index (χ0v) is 12.2. The fourth-order valence-corrected chi connectivity index (χ4v) is 3.46. The minimum atomic E-state index is -0.890. The second-order valence-corrected chi connectivity index (χ2v) is 5.96. The molecule has 0 amide bonds. The predicted molar refractivity (Wildman–Crippen MR) is 92.4 cm³/mol. The minimum absolute atomic E-state index is 0.0557. The quantitative estimate of drug-likeness (QED) is 0.671. The van der Waals surface area contributed by atoms with E-state index in [9.17, 15) is 0 Å². The van der Waals surface area contributed by atoms with Gasteiger partial charge in [0.05, 0.1) is 5.66 Å². The zero-order chi connectivity index (χ0) is 15.2. The van der Waals surface area contributed by atoms with Gasteiger partial charge in [-0.15, -0.1) is 0 Å². The molecule has 0 saturated heterocycles. The van der Waals surface area contributed by atoms with Gasteiger partial charge in [0.15, 0.2) is 0 Å². The third-order valence-electron chi connectivity index (χ3n) is 4.49. The van der Waals surface area contributed by atoms with Crippen LogP contribution < -0.4 is 11.5 Å². The summed E-state index contributed by atoms with van der Waals surface area (Å²) >= 11 is 0. The predicted octanol–water partition coefficient (Wildman–Crippen LogP) is 3.61. The fraction of sp³-hybridized carbons (Fsp3) is 0.100. The van der Waals surface area contributed by atoms with Crippen molar-refractivity contribution in [3.05, 3.63) is 89.5 Å². The topological polar surface area (TPSA) is 52.0 Å². The minimum Gasteiger partial charge on any atom is -0.309 e. The second kappa shape index (κ2) is 4.80. The fourth-order valence-electron chi connectivity index (χ4n) is 3.46. The van der Waals surface area contributed by atoms with Gasteiger partial charge in [-0.3, -0.25) is 0 Å². The molecule has 0 fully saturated rings. The molecule has 1 aliphatic rings. The maximum Gasteiger partial charge on any atom is 0.0944 e. The van der Waals surface area contributed by atoms with E-state index >= 15 is 0 Å². The van der Waals surface area contributed by atoms with Crippen molar-refractivity contribution in [2.45, 2.75) is 11.6 Å². The van der Waals surface area contributed by atoms with Gasteiger partial charge in [0.2, 0.25) is 0 Å². The molecule has 0 radical (unpaired) electrons. The van der Waals surface area contributed by atoms with Gasteiger partial charge in [0.25, 0.3) is 0 Å². The van der Waals surface area contributed by atoms with Crippen LogP contribution in [0.4, 0.5) is 0 Å². The Morgan fingerprint density at radius 3 is 2.32 bits per heavy atom. The first-order valence-corrected chi connectivity index (χ1v) is 7.50. The lowest BCUT2D eigenvalue weighted by Gasteiger charge is -2.36. The largest absolute Gasteiger partial charge is 0.309 e. The molecule has 0 heterocycles.